The van der Waals surface area contributed by atoms with E-state index in [9.17, 15) is 13.2 Å². The predicted molar refractivity (Wildman–Crippen MR) is 154 cm³/mol. The first-order chi connectivity index (χ1) is 18.6. The zero-order valence-corrected chi connectivity index (χ0v) is 22.5. The summed E-state index contributed by atoms with van der Waals surface area (Å²) in [6.45, 7) is 6.30. The van der Waals surface area contributed by atoms with Crippen LogP contribution < -0.4 is 14.8 Å². The molecule has 0 aliphatic rings. The quantitative estimate of drug-likeness (QED) is 0.216. The number of nitrogens with zero attached hydrogens (tertiary/aromatic N) is 1. The highest BCUT2D eigenvalue weighted by atomic mass is 32.2. The lowest BCUT2D eigenvalue weighted by molar-refractivity contribution is 0.214. The van der Waals surface area contributed by atoms with Crippen molar-refractivity contribution >= 4 is 38.4 Å². The summed E-state index contributed by atoms with van der Waals surface area (Å²) in [7, 11) is -3.90. The SMILES string of the molecule is CC(C)(C)c1ccc(NS(=O)(=O)c2ccc3[nH]c(OC(=O)Nc4ccncc4)c(-c4ccccc4)c3c2)cc1. The molecular weight excluding hydrogens is 512 g/mol. The van der Waals surface area contributed by atoms with E-state index in [1.54, 1.807) is 48.8 Å². The third kappa shape index (κ3) is 5.78. The van der Waals surface area contributed by atoms with Crippen molar-refractivity contribution in [2.45, 2.75) is 31.1 Å². The number of carbonyl (C=O) groups is 1. The number of aromatic nitrogens is 2. The number of H-pyrrole nitrogens is 1. The number of benzene rings is 3. The highest BCUT2D eigenvalue weighted by Gasteiger charge is 2.22. The van der Waals surface area contributed by atoms with E-state index >= 15 is 0 Å². The summed E-state index contributed by atoms with van der Waals surface area (Å²) in [4.78, 5) is 19.8. The van der Waals surface area contributed by atoms with Crippen molar-refractivity contribution in [1.82, 2.24) is 9.97 Å². The van der Waals surface area contributed by atoms with Gasteiger partial charge in [0.2, 0.25) is 5.88 Å². The lowest BCUT2D eigenvalue weighted by Gasteiger charge is -2.19. The third-order valence-corrected chi connectivity index (χ3v) is 7.61. The van der Waals surface area contributed by atoms with Crippen LogP contribution in [-0.4, -0.2) is 24.5 Å². The van der Waals surface area contributed by atoms with Gasteiger partial charge in [0.25, 0.3) is 10.0 Å². The van der Waals surface area contributed by atoms with Crippen LogP contribution in [0.3, 0.4) is 0 Å². The van der Waals surface area contributed by atoms with Gasteiger partial charge in [0.05, 0.1) is 10.5 Å². The highest BCUT2D eigenvalue weighted by molar-refractivity contribution is 7.92. The second-order valence-electron chi connectivity index (χ2n) is 10.1. The molecule has 3 aromatic carbocycles. The van der Waals surface area contributed by atoms with E-state index in [2.05, 4.69) is 40.8 Å². The molecule has 0 saturated carbocycles. The van der Waals surface area contributed by atoms with Crippen molar-refractivity contribution < 1.29 is 17.9 Å². The number of anilines is 2. The molecule has 8 nitrogen and oxygen atoms in total. The standard InChI is InChI=1S/C30H28N4O4S/c1-30(2,3)21-9-11-23(12-10-21)34-39(36,37)24-13-14-26-25(19-24)27(20-7-5-4-6-8-20)28(33-26)38-29(35)32-22-15-17-31-18-16-22/h4-19,33-34H,1-3H3,(H,31,32,35). The van der Waals surface area contributed by atoms with Gasteiger partial charge < -0.3 is 9.72 Å². The van der Waals surface area contributed by atoms with Gasteiger partial charge >= 0.3 is 6.09 Å². The summed E-state index contributed by atoms with van der Waals surface area (Å²) >= 11 is 0. The highest BCUT2D eigenvalue weighted by Crippen LogP contribution is 2.38. The second kappa shape index (κ2) is 10.3. The molecular formula is C30H28N4O4S. The molecule has 0 saturated heterocycles. The molecule has 5 rings (SSSR count). The van der Waals surface area contributed by atoms with Gasteiger partial charge in [0, 0.05) is 34.7 Å². The smallest absolute Gasteiger partial charge is 0.392 e. The lowest BCUT2D eigenvalue weighted by atomic mass is 9.87. The minimum atomic E-state index is -3.90. The van der Waals surface area contributed by atoms with E-state index in [-0.39, 0.29) is 16.2 Å². The van der Waals surface area contributed by atoms with Gasteiger partial charge in [-0.1, -0.05) is 63.2 Å². The van der Waals surface area contributed by atoms with Crippen molar-refractivity contribution in [3.05, 3.63) is 103 Å². The van der Waals surface area contributed by atoms with Crippen LogP contribution >= 0.6 is 0 Å². The average molecular weight is 541 g/mol. The van der Waals surface area contributed by atoms with Gasteiger partial charge in [-0.05, 0) is 59.0 Å². The van der Waals surface area contributed by atoms with Gasteiger partial charge in [-0.2, -0.15) is 0 Å². The molecule has 0 radical (unpaired) electrons. The Morgan fingerprint density at radius 3 is 2.23 bits per heavy atom. The Labute approximate surface area is 227 Å². The molecule has 9 heteroatoms. The Morgan fingerprint density at radius 1 is 0.872 bits per heavy atom. The van der Waals surface area contributed by atoms with Crippen molar-refractivity contribution in [2.75, 3.05) is 10.0 Å². The molecule has 0 aliphatic heterocycles. The van der Waals surface area contributed by atoms with Gasteiger partial charge in [-0.15, -0.1) is 0 Å². The van der Waals surface area contributed by atoms with E-state index in [4.69, 9.17) is 4.74 Å². The molecule has 0 spiro atoms. The molecule has 0 unspecified atom stereocenters. The van der Waals surface area contributed by atoms with Gasteiger partial charge in [-0.25, -0.2) is 13.2 Å². The van der Waals surface area contributed by atoms with Crippen molar-refractivity contribution in [2.24, 2.45) is 0 Å². The fraction of sp³-hybridized carbons (Fsp3) is 0.133. The van der Waals surface area contributed by atoms with E-state index < -0.39 is 16.1 Å². The van der Waals surface area contributed by atoms with E-state index in [0.29, 0.717) is 27.8 Å². The summed E-state index contributed by atoms with van der Waals surface area (Å²) in [6, 6.07) is 24.7. The van der Waals surface area contributed by atoms with Crippen LogP contribution in [0, 0.1) is 0 Å². The van der Waals surface area contributed by atoms with Gasteiger partial charge in [0.15, 0.2) is 0 Å². The zero-order valence-electron chi connectivity index (χ0n) is 21.7. The maximum absolute atomic E-state index is 13.3. The first kappa shape index (κ1) is 26.0. The number of sulfonamides is 1. The maximum atomic E-state index is 13.3. The number of nitrogens with one attached hydrogen (secondary N) is 3. The molecule has 5 aromatic rings. The Balaban J connectivity index is 1.50. The van der Waals surface area contributed by atoms with Crippen LogP contribution in [0.5, 0.6) is 5.88 Å². The number of hydrogen-bond acceptors (Lipinski definition) is 5. The first-order valence-corrected chi connectivity index (χ1v) is 13.8. The topological polar surface area (TPSA) is 113 Å². The molecule has 0 fully saturated rings. The van der Waals surface area contributed by atoms with Crippen molar-refractivity contribution in [1.29, 1.82) is 0 Å². The number of fused-ring (bicyclic) bond motifs is 1. The van der Waals surface area contributed by atoms with Gasteiger partial charge in [-0.3, -0.25) is 15.0 Å². The number of ether oxygens (including phenoxy) is 1. The molecule has 0 aliphatic carbocycles. The minimum absolute atomic E-state index is 0.0421. The largest absolute Gasteiger partial charge is 0.418 e. The fourth-order valence-electron chi connectivity index (χ4n) is 4.21. The molecule has 198 valence electrons. The molecule has 1 amide bonds. The maximum Gasteiger partial charge on any atom is 0.418 e. The number of pyridine rings is 1. The summed E-state index contributed by atoms with van der Waals surface area (Å²) in [5.74, 6) is 0.197. The number of rotatable bonds is 6. The van der Waals surface area contributed by atoms with E-state index in [1.165, 1.54) is 6.07 Å². The lowest BCUT2D eigenvalue weighted by Crippen LogP contribution is -2.17. The Morgan fingerprint density at radius 2 is 1.56 bits per heavy atom. The summed E-state index contributed by atoms with van der Waals surface area (Å²) in [5.41, 5.74) is 4.01. The van der Waals surface area contributed by atoms with Crippen molar-refractivity contribution in [3.63, 3.8) is 0 Å². The molecule has 2 aromatic heterocycles. The van der Waals surface area contributed by atoms with E-state index in [0.717, 1.165) is 11.1 Å². The minimum Gasteiger partial charge on any atom is -0.392 e. The second-order valence-corrected chi connectivity index (χ2v) is 11.8. The van der Waals surface area contributed by atoms with Crippen molar-refractivity contribution in [3.8, 4) is 17.0 Å². The average Bonchev–Trinajstić information content (AvgIpc) is 3.26. The van der Waals surface area contributed by atoms with Crippen LogP contribution in [0.4, 0.5) is 16.2 Å². The first-order valence-electron chi connectivity index (χ1n) is 12.3. The fourth-order valence-corrected chi connectivity index (χ4v) is 5.29. The van der Waals surface area contributed by atoms with Crippen LogP contribution in [0.2, 0.25) is 0 Å². The number of amides is 1. The number of carbonyl (C=O) groups excluding carboxylic acids is 1. The number of hydrogen-bond donors (Lipinski definition) is 3. The molecule has 0 atom stereocenters. The monoisotopic (exact) mass is 540 g/mol. The molecule has 2 heterocycles. The summed E-state index contributed by atoms with van der Waals surface area (Å²) in [5, 5.41) is 3.26. The molecule has 39 heavy (non-hydrogen) atoms. The Kier molecular flexibility index (Phi) is 6.84. The van der Waals surface area contributed by atoms with E-state index in [1.807, 2.05) is 42.5 Å². The number of aromatic amines is 1. The summed E-state index contributed by atoms with van der Waals surface area (Å²) < 4.78 is 35.0. The van der Waals surface area contributed by atoms with Crippen LogP contribution in [0.15, 0.2) is 102 Å². The molecule has 3 N–H and O–H groups in total. The zero-order chi connectivity index (χ0) is 27.6. The Bertz CT molecular complexity index is 1730. The summed E-state index contributed by atoms with van der Waals surface area (Å²) in [6.07, 6.45) is 2.42. The van der Waals surface area contributed by atoms with Crippen LogP contribution in [0.1, 0.15) is 26.3 Å². The molecule has 0 bridgehead atoms. The predicted octanol–water partition coefficient (Wildman–Crippen LogP) is 6.94. The Hall–Kier alpha value is -4.63. The van der Waals surface area contributed by atoms with Gasteiger partial charge in [0.1, 0.15) is 0 Å². The normalized spacial score (nSPS) is 11.8. The van der Waals surface area contributed by atoms with Crippen LogP contribution in [0.25, 0.3) is 22.0 Å². The van der Waals surface area contributed by atoms with Crippen LogP contribution in [-0.2, 0) is 15.4 Å². The third-order valence-electron chi connectivity index (χ3n) is 6.23.